The molecule has 0 bridgehead atoms. The summed E-state index contributed by atoms with van der Waals surface area (Å²) in [6.07, 6.45) is 0.889. The Bertz CT molecular complexity index is 813. The molecule has 1 aromatic heterocycles. The lowest BCUT2D eigenvalue weighted by Gasteiger charge is -2.30. The van der Waals surface area contributed by atoms with E-state index in [0.717, 1.165) is 48.5 Å². The Balaban J connectivity index is 0.00000182. The van der Waals surface area contributed by atoms with Gasteiger partial charge in [0.25, 0.3) is 0 Å². The molecule has 0 spiro atoms. The molecule has 2 amide bonds. The van der Waals surface area contributed by atoms with Crippen molar-refractivity contribution < 1.29 is 9.59 Å². The fraction of sp³-hybridized carbons (Fsp3) is 0.471. The van der Waals surface area contributed by atoms with Gasteiger partial charge >= 0.3 is 0 Å². The molecule has 25 heavy (non-hydrogen) atoms. The fourth-order valence-corrected chi connectivity index (χ4v) is 3.72. The second-order valence-electron chi connectivity index (χ2n) is 6.42. The molecule has 3 heterocycles. The van der Waals surface area contributed by atoms with E-state index in [-0.39, 0.29) is 30.1 Å². The molecule has 0 aliphatic carbocycles. The number of nitrogens with zero attached hydrogens (tertiary/aromatic N) is 3. The lowest BCUT2D eigenvalue weighted by molar-refractivity contribution is -0.134. The van der Waals surface area contributed by atoms with Crippen LogP contribution in [0.4, 0.5) is 5.69 Å². The van der Waals surface area contributed by atoms with Gasteiger partial charge in [0.15, 0.2) is 0 Å². The molecule has 0 saturated carbocycles. The van der Waals surface area contributed by atoms with Gasteiger partial charge in [-0.2, -0.15) is 5.10 Å². The number of aryl methyl sites for hydroxylation is 1. The molecule has 2 aliphatic rings. The molecule has 134 valence electrons. The number of hydrogen-bond acceptors (Lipinski definition) is 5. The number of anilines is 1. The predicted molar refractivity (Wildman–Crippen MR) is 98.2 cm³/mol. The average molecular weight is 364 g/mol. The smallest absolute Gasteiger partial charge is 0.235 e. The summed E-state index contributed by atoms with van der Waals surface area (Å²) >= 11 is 0. The number of halogens is 1. The van der Waals surface area contributed by atoms with Gasteiger partial charge in [-0.05, 0) is 12.5 Å². The number of hydrogen-bond donors (Lipinski definition) is 2. The maximum Gasteiger partial charge on any atom is 0.235 e. The first kappa shape index (κ1) is 17.7. The zero-order chi connectivity index (χ0) is 16.7. The first-order valence-corrected chi connectivity index (χ1v) is 8.40. The van der Waals surface area contributed by atoms with Gasteiger partial charge in [-0.1, -0.05) is 12.1 Å². The third-order valence-corrected chi connectivity index (χ3v) is 4.90. The van der Waals surface area contributed by atoms with Crippen LogP contribution in [0.25, 0.3) is 10.9 Å². The van der Waals surface area contributed by atoms with Crippen LogP contribution in [0.2, 0.25) is 0 Å². The average Bonchev–Trinajstić information content (AvgIpc) is 2.93. The number of para-hydroxylation sites is 1. The number of carbonyl (C=O) groups is 2. The van der Waals surface area contributed by atoms with Crippen molar-refractivity contribution in [2.45, 2.75) is 18.8 Å². The van der Waals surface area contributed by atoms with E-state index >= 15 is 0 Å². The normalized spacial score (nSPS) is 21.2. The van der Waals surface area contributed by atoms with Gasteiger partial charge in [-0.15, -0.1) is 12.4 Å². The summed E-state index contributed by atoms with van der Waals surface area (Å²) in [5.41, 5.74) is 2.98. The van der Waals surface area contributed by atoms with Crippen LogP contribution in [0, 0.1) is 0 Å². The molecule has 8 heteroatoms. The molecular weight excluding hydrogens is 342 g/mol. The lowest BCUT2D eigenvalue weighted by Crippen LogP contribution is -2.43. The summed E-state index contributed by atoms with van der Waals surface area (Å²) in [5.74, 6) is -0.790. The third-order valence-electron chi connectivity index (χ3n) is 4.90. The summed E-state index contributed by atoms with van der Waals surface area (Å²) in [6, 6.07) is 6.16. The summed E-state index contributed by atoms with van der Waals surface area (Å²) in [5, 5.41) is 11.4. The number of benzene rings is 1. The number of carbonyl (C=O) groups excluding carboxylic acids is 2. The largest absolute Gasteiger partial charge is 0.367 e. The molecule has 2 fully saturated rings. The molecule has 1 atom stereocenters. The first-order valence-electron chi connectivity index (χ1n) is 8.40. The zero-order valence-corrected chi connectivity index (χ0v) is 14.9. The number of piperazine rings is 1. The predicted octanol–water partition coefficient (Wildman–Crippen LogP) is 0.925. The van der Waals surface area contributed by atoms with E-state index in [1.165, 1.54) is 0 Å². The highest BCUT2D eigenvalue weighted by atomic mass is 35.5. The number of fused-ring (bicyclic) bond motifs is 1. The van der Waals surface area contributed by atoms with Crippen molar-refractivity contribution in [2.75, 3.05) is 31.1 Å². The highest BCUT2D eigenvalue weighted by Gasteiger charge is 2.32. The van der Waals surface area contributed by atoms with Crippen LogP contribution in [-0.4, -0.2) is 47.8 Å². The number of nitrogens with one attached hydrogen (secondary N) is 2. The molecule has 1 aromatic carbocycles. The zero-order valence-electron chi connectivity index (χ0n) is 14.1. The molecule has 2 N–H and O–H groups in total. The van der Waals surface area contributed by atoms with Crippen molar-refractivity contribution in [3.8, 4) is 0 Å². The molecule has 4 rings (SSSR count). The third kappa shape index (κ3) is 3.09. The Morgan fingerprint density at radius 3 is 2.68 bits per heavy atom. The maximum absolute atomic E-state index is 12.2. The quantitative estimate of drug-likeness (QED) is 0.776. The fourth-order valence-electron chi connectivity index (χ4n) is 3.72. The number of aromatic nitrogens is 2. The van der Waals surface area contributed by atoms with Crippen LogP contribution >= 0.6 is 12.4 Å². The molecule has 7 nitrogen and oxygen atoms in total. The van der Waals surface area contributed by atoms with Crippen molar-refractivity contribution in [1.29, 1.82) is 0 Å². The van der Waals surface area contributed by atoms with Gasteiger partial charge < -0.3 is 10.2 Å². The summed E-state index contributed by atoms with van der Waals surface area (Å²) in [4.78, 5) is 26.0. The van der Waals surface area contributed by atoms with Crippen molar-refractivity contribution in [2.24, 2.45) is 7.05 Å². The number of rotatable bonds is 2. The van der Waals surface area contributed by atoms with Gasteiger partial charge in [0, 0.05) is 45.0 Å². The van der Waals surface area contributed by atoms with Gasteiger partial charge in [0.2, 0.25) is 11.8 Å². The monoisotopic (exact) mass is 363 g/mol. The standard InChI is InChI=1S/C17H21N5O2.ClH/c1-21-16-11(3-2-4-13(16)22-9-7-18-8-10-22)15(20-21)12-5-6-14(23)19-17(12)24;/h2-4,12,18H,5-10H2,1H3,(H,19,23,24);1H. The van der Waals surface area contributed by atoms with Crippen LogP contribution in [0.1, 0.15) is 24.5 Å². The second-order valence-corrected chi connectivity index (χ2v) is 6.42. The van der Waals surface area contributed by atoms with Crippen LogP contribution in [-0.2, 0) is 16.6 Å². The molecular formula is C17H22ClN5O2. The van der Waals surface area contributed by atoms with Gasteiger partial charge in [0.05, 0.1) is 22.8 Å². The molecule has 2 aliphatic heterocycles. The van der Waals surface area contributed by atoms with Crippen LogP contribution < -0.4 is 15.5 Å². The Morgan fingerprint density at radius 1 is 1.20 bits per heavy atom. The van der Waals surface area contributed by atoms with Crippen molar-refractivity contribution in [3.05, 3.63) is 23.9 Å². The van der Waals surface area contributed by atoms with Crippen LogP contribution in [0.15, 0.2) is 18.2 Å². The van der Waals surface area contributed by atoms with E-state index in [1.807, 2.05) is 23.9 Å². The number of amides is 2. The number of imide groups is 1. The Hall–Kier alpha value is -2.12. The van der Waals surface area contributed by atoms with Gasteiger partial charge in [-0.25, -0.2) is 0 Å². The van der Waals surface area contributed by atoms with E-state index in [9.17, 15) is 9.59 Å². The SMILES string of the molecule is Cl.Cn1nc(C2CCC(=O)NC2=O)c2cccc(N3CCNCC3)c21. The Kier molecular flexibility index (Phi) is 4.96. The van der Waals surface area contributed by atoms with Crippen molar-refractivity contribution >= 4 is 40.8 Å². The number of piperidine rings is 1. The van der Waals surface area contributed by atoms with E-state index < -0.39 is 0 Å². The van der Waals surface area contributed by atoms with Gasteiger partial charge in [0.1, 0.15) is 0 Å². The topological polar surface area (TPSA) is 79.3 Å². The van der Waals surface area contributed by atoms with Crippen LogP contribution in [0.3, 0.4) is 0 Å². The molecule has 0 radical (unpaired) electrons. The van der Waals surface area contributed by atoms with Crippen molar-refractivity contribution in [3.63, 3.8) is 0 Å². The molecule has 2 aromatic rings. The summed E-state index contributed by atoms with van der Waals surface area (Å²) in [7, 11) is 1.92. The minimum absolute atomic E-state index is 0. The van der Waals surface area contributed by atoms with E-state index in [0.29, 0.717) is 12.8 Å². The van der Waals surface area contributed by atoms with E-state index in [4.69, 9.17) is 0 Å². The first-order chi connectivity index (χ1) is 11.6. The van der Waals surface area contributed by atoms with Gasteiger partial charge in [-0.3, -0.25) is 19.6 Å². The Labute approximate surface area is 152 Å². The highest BCUT2D eigenvalue weighted by molar-refractivity contribution is 6.03. The minimum Gasteiger partial charge on any atom is -0.367 e. The lowest BCUT2D eigenvalue weighted by atomic mass is 9.92. The van der Waals surface area contributed by atoms with Crippen molar-refractivity contribution in [1.82, 2.24) is 20.4 Å². The summed E-state index contributed by atoms with van der Waals surface area (Å²) < 4.78 is 1.87. The maximum atomic E-state index is 12.2. The Morgan fingerprint density at radius 2 is 1.96 bits per heavy atom. The highest BCUT2D eigenvalue weighted by Crippen LogP contribution is 2.34. The van der Waals surface area contributed by atoms with E-state index in [1.54, 1.807) is 0 Å². The second kappa shape index (κ2) is 7.01. The molecule has 2 saturated heterocycles. The van der Waals surface area contributed by atoms with Crippen LogP contribution in [0.5, 0.6) is 0 Å². The van der Waals surface area contributed by atoms with E-state index in [2.05, 4.69) is 26.7 Å². The molecule has 1 unspecified atom stereocenters. The summed E-state index contributed by atoms with van der Waals surface area (Å²) in [6.45, 7) is 3.85. The minimum atomic E-state index is -0.357.